The molecule has 0 spiro atoms. The summed E-state index contributed by atoms with van der Waals surface area (Å²) < 4.78 is 7.55. The van der Waals surface area contributed by atoms with Crippen molar-refractivity contribution < 1.29 is 9.53 Å². The van der Waals surface area contributed by atoms with Gasteiger partial charge < -0.3 is 14.5 Å². The molecule has 180 valence electrons. The molecule has 0 aliphatic rings. The molecule has 2 aromatic heterocycles. The van der Waals surface area contributed by atoms with Gasteiger partial charge in [0.1, 0.15) is 12.3 Å². The predicted molar refractivity (Wildman–Crippen MR) is 147 cm³/mol. The number of unbranched alkanes of at least 4 members (excludes halogenated alkanes) is 1. The van der Waals surface area contributed by atoms with E-state index in [0.29, 0.717) is 5.75 Å². The summed E-state index contributed by atoms with van der Waals surface area (Å²) in [5.74, 6) is 0.228. The summed E-state index contributed by atoms with van der Waals surface area (Å²) in [4.78, 5) is 12.1. The van der Waals surface area contributed by atoms with Crippen molar-refractivity contribution in [1.29, 1.82) is 0 Å². The number of hydrogen-bond acceptors (Lipinski definition) is 3. The van der Waals surface area contributed by atoms with Crippen LogP contribution in [-0.4, -0.2) is 16.9 Å². The van der Waals surface area contributed by atoms with Gasteiger partial charge in [-0.05, 0) is 71.5 Å². The molecule has 4 heteroatoms. The van der Waals surface area contributed by atoms with E-state index in [9.17, 15) is 4.79 Å². The van der Waals surface area contributed by atoms with E-state index >= 15 is 0 Å². The van der Waals surface area contributed by atoms with E-state index < -0.39 is 0 Å². The van der Waals surface area contributed by atoms with E-state index in [2.05, 4.69) is 83.6 Å². The Morgan fingerprint density at radius 2 is 1.47 bits per heavy atom. The number of aromatic nitrogens is 1. The molecule has 0 saturated carbocycles. The van der Waals surface area contributed by atoms with E-state index in [-0.39, 0.29) is 12.5 Å². The first kappa shape index (κ1) is 23.4. The zero-order chi connectivity index (χ0) is 24.7. The molecule has 0 aliphatic carbocycles. The zero-order valence-electron chi connectivity index (χ0n) is 20.5. The first-order chi connectivity index (χ1) is 17.7. The summed E-state index contributed by atoms with van der Waals surface area (Å²) in [6.07, 6.45) is 7.82. The van der Waals surface area contributed by atoms with Crippen molar-refractivity contribution in [3.05, 3.63) is 115 Å². The molecule has 0 amide bonds. The lowest BCUT2D eigenvalue weighted by Crippen LogP contribution is -2.19. The van der Waals surface area contributed by atoms with E-state index in [0.717, 1.165) is 23.2 Å². The monoisotopic (exact) mass is 474 g/mol. The minimum atomic E-state index is -0.322. The largest absolute Gasteiger partial charge is 0.425 e. The summed E-state index contributed by atoms with van der Waals surface area (Å²) >= 11 is 0. The van der Waals surface area contributed by atoms with Gasteiger partial charge in [-0.3, -0.25) is 0 Å². The SMILES string of the molecule is CCCCc1c(-c2ccc(-c3ccc(NCC(=O)Oc4ccccc4)cc3)cc2)cn2ccccc12. The number of fused-ring (bicyclic) bond motifs is 1. The highest BCUT2D eigenvalue weighted by atomic mass is 16.5. The van der Waals surface area contributed by atoms with Crippen LogP contribution < -0.4 is 10.1 Å². The van der Waals surface area contributed by atoms with Crippen LogP contribution in [0.1, 0.15) is 25.3 Å². The molecule has 1 N–H and O–H groups in total. The van der Waals surface area contributed by atoms with Gasteiger partial charge in [-0.2, -0.15) is 0 Å². The van der Waals surface area contributed by atoms with Crippen molar-refractivity contribution in [3.8, 4) is 28.0 Å². The molecule has 0 unspecified atom stereocenters. The minimum Gasteiger partial charge on any atom is -0.425 e. The molecule has 0 bridgehead atoms. The van der Waals surface area contributed by atoms with Gasteiger partial charge in [0.05, 0.1) is 0 Å². The van der Waals surface area contributed by atoms with Crippen molar-refractivity contribution in [1.82, 2.24) is 4.40 Å². The lowest BCUT2D eigenvalue weighted by Gasteiger charge is -2.09. The number of rotatable bonds is 9. The molecule has 0 aliphatic heterocycles. The summed E-state index contributed by atoms with van der Waals surface area (Å²) in [7, 11) is 0. The number of ether oxygens (including phenoxy) is 1. The van der Waals surface area contributed by atoms with Gasteiger partial charge in [0.15, 0.2) is 0 Å². The van der Waals surface area contributed by atoms with Crippen LogP contribution in [0.25, 0.3) is 27.8 Å². The normalized spacial score (nSPS) is 10.9. The average molecular weight is 475 g/mol. The van der Waals surface area contributed by atoms with Gasteiger partial charge in [-0.25, -0.2) is 4.79 Å². The van der Waals surface area contributed by atoms with Gasteiger partial charge in [0.2, 0.25) is 0 Å². The molecule has 0 fully saturated rings. The molecule has 0 radical (unpaired) electrons. The Hall–Kier alpha value is -4.31. The third-order valence-electron chi connectivity index (χ3n) is 6.40. The number of carbonyl (C=O) groups is 1. The van der Waals surface area contributed by atoms with Crippen molar-refractivity contribution in [2.45, 2.75) is 26.2 Å². The van der Waals surface area contributed by atoms with Gasteiger partial charge in [0, 0.05) is 29.2 Å². The zero-order valence-corrected chi connectivity index (χ0v) is 20.5. The van der Waals surface area contributed by atoms with Gasteiger partial charge in [-0.15, -0.1) is 0 Å². The number of aryl methyl sites for hydroxylation is 1. The second-order valence-electron chi connectivity index (χ2n) is 8.91. The third-order valence-corrected chi connectivity index (χ3v) is 6.40. The van der Waals surface area contributed by atoms with Gasteiger partial charge >= 0.3 is 5.97 Å². The van der Waals surface area contributed by atoms with E-state index in [1.165, 1.54) is 35.0 Å². The number of carbonyl (C=O) groups excluding carboxylic acids is 1. The smallest absolute Gasteiger partial charge is 0.330 e. The van der Waals surface area contributed by atoms with Crippen LogP contribution >= 0.6 is 0 Å². The Labute approximate surface area is 212 Å². The molecule has 5 rings (SSSR count). The molecule has 3 aromatic carbocycles. The molecule has 36 heavy (non-hydrogen) atoms. The lowest BCUT2D eigenvalue weighted by molar-refractivity contribution is -0.132. The van der Waals surface area contributed by atoms with E-state index in [4.69, 9.17) is 4.74 Å². The van der Waals surface area contributed by atoms with Gasteiger partial charge in [0.25, 0.3) is 0 Å². The van der Waals surface area contributed by atoms with Crippen molar-refractivity contribution in [2.75, 3.05) is 11.9 Å². The Balaban J connectivity index is 1.27. The highest BCUT2D eigenvalue weighted by Crippen LogP contribution is 2.32. The number of pyridine rings is 1. The number of esters is 1. The lowest BCUT2D eigenvalue weighted by atomic mass is 9.97. The molecule has 5 aromatic rings. The second-order valence-corrected chi connectivity index (χ2v) is 8.91. The van der Waals surface area contributed by atoms with Crippen LogP contribution in [0.5, 0.6) is 5.75 Å². The fourth-order valence-electron chi connectivity index (χ4n) is 4.50. The Morgan fingerprint density at radius 1 is 0.806 bits per heavy atom. The second kappa shape index (κ2) is 11.0. The summed E-state index contributed by atoms with van der Waals surface area (Å²) in [6.45, 7) is 2.35. The Kier molecular flexibility index (Phi) is 7.13. The number of anilines is 1. The molecular weight excluding hydrogens is 444 g/mol. The highest BCUT2D eigenvalue weighted by Gasteiger charge is 2.12. The maximum absolute atomic E-state index is 12.1. The van der Waals surface area contributed by atoms with Crippen LogP contribution in [-0.2, 0) is 11.2 Å². The number of nitrogens with zero attached hydrogens (tertiary/aromatic N) is 1. The van der Waals surface area contributed by atoms with Crippen LogP contribution in [0.15, 0.2) is 109 Å². The van der Waals surface area contributed by atoms with E-state index in [1.807, 2.05) is 30.3 Å². The topological polar surface area (TPSA) is 42.7 Å². The van der Waals surface area contributed by atoms with Gasteiger partial charge in [-0.1, -0.05) is 74.0 Å². The summed E-state index contributed by atoms with van der Waals surface area (Å²) in [6, 6.07) is 32.4. The number of para-hydroxylation sites is 1. The third kappa shape index (κ3) is 5.33. The van der Waals surface area contributed by atoms with E-state index in [1.54, 1.807) is 12.1 Å². The molecule has 0 atom stereocenters. The fourth-order valence-corrected chi connectivity index (χ4v) is 4.50. The molecule has 2 heterocycles. The first-order valence-electron chi connectivity index (χ1n) is 12.5. The Bertz CT molecular complexity index is 1440. The number of nitrogens with one attached hydrogen (secondary N) is 1. The van der Waals surface area contributed by atoms with Crippen molar-refractivity contribution >= 4 is 17.2 Å². The van der Waals surface area contributed by atoms with Crippen LogP contribution in [0.4, 0.5) is 5.69 Å². The van der Waals surface area contributed by atoms with Crippen LogP contribution in [0.3, 0.4) is 0 Å². The van der Waals surface area contributed by atoms with Crippen LogP contribution in [0, 0.1) is 0 Å². The average Bonchev–Trinajstić information content (AvgIpc) is 3.30. The maximum Gasteiger partial charge on any atom is 0.330 e. The Morgan fingerprint density at radius 3 is 2.19 bits per heavy atom. The van der Waals surface area contributed by atoms with Crippen LogP contribution in [0.2, 0.25) is 0 Å². The summed E-state index contributed by atoms with van der Waals surface area (Å²) in [5, 5.41) is 3.13. The fraction of sp³-hybridized carbons (Fsp3) is 0.156. The van der Waals surface area contributed by atoms with Crippen molar-refractivity contribution in [3.63, 3.8) is 0 Å². The predicted octanol–water partition coefficient (Wildman–Crippen LogP) is 7.63. The number of hydrogen-bond donors (Lipinski definition) is 1. The molecular formula is C32H30N2O2. The standard InChI is InChI=1S/C32H30N2O2/c1-2-3-11-29-30(23-34-21-8-7-12-31(29)34)26-15-13-24(14-16-26)25-17-19-27(20-18-25)33-22-32(35)36-28-9-5-4-6-10-28/h4-10,12-21,23,33H,2-3,11,22H2,1H3. The highest BCUT2D eigenvalue weighted by molar-refractivity contribution is 5.79. The minimum absolute atomic E-state index is 0.106. The molecule has 4 nitrogen and oxygen atoms in total. The maximum atomic E-state index is 12.1. The molecule has 0 saturated heterocycles. The summed E-state index contributed by atoms with van der Waals surface area (Å²) in [5.41, 5.74) is 8.43. The quantitative estimate of drug-likeness (QED) is 0.176. The number of benzene rings is 3. The first-order valence-corrected chi connectivity index (χ1v) is 12.5. The van der Waals surface area contributed by atoms with Crippen molar-refractivity contribution in [2.24, 2.45) is 0 Å².